The average Bonchev–Trinajstić information content (AvgIpc) is 2.54. The molecule has 0 aromatic heterocycles. The maximum Gasteiger partial charge on any atom is 0.335 e. The molecule has 0 aliphatic carbocycles. The number of benzene rings is 1. The first-order valence-corrected chi connectivity index (χ1v) is 5.80. The molecule has 1 aliphatic rings. The highest BCUT2D eigenvalue weighted by atomic mass is 79.9. The highest BCUT2D eigenvalue weighted by Crippen LogP contribution is 2.31. The maximum atomic E-state index is 11.8. The van der Waals surface area contributed by atoms with Crippen LogP contribution in [0.5, 0.6) is 0 Å². The van der Waals surface area contributed by atoms with Gasteiger partial charge in [-0.3, -0.25) is 9.59 Å². The number of carboxylic acid groups (broad SMARTS) is 1. The molecule has 0 saturated heterocycles. The van der Waals surface area contributed by atoms with E-state index in [1.54, 1.807) is 0 Å². The van der Waals surface area contributed by atoms with Gasteiger partial charge in [0.1, 0.15) is 0 Å². The molecular formula is C12H8BrNO4. The summed E-state index contributed by atoms with van der Waals surface area (Å²) in [7, 11) is 0. The van der Waals surface area contributed by atoms with E-state index < -0.39 is 17.8 Å². The fraction of sp³-hybridized carbons (Fsp3) is 0.0833. The third-order valence-electron chi connectivity index (χ3n) is 2.53. The Balaban J connectivity index is 2.52. The van der Waals surface area contributed by atoms with Crippen LogP contribution in [0.3, 0.4) is 0 Å². The summed E-state index contributed by atoms with van der Waals surface area (Å²) in [5, 5.41) is 8.91. The summed E-state index contributed by atoms with van der Waals surface area (Å²) in [6.07, 6.45) is 1.22. The molecule has 0 atom stereocenters. The van der Waals surface area contributed by atoms with Crippen LogP contribution in [-0.4, -0.2) is 22.9 Å². The Bertz CT molecular complexity index is 606. The molecule has 5 nitrogen and oxygen atoms in total. The summed E-state index contributed by atoms with van der Waals surface area (Å²) in [4.78, 5) is 35.3. The molecule has 0 fully saturated rings. The van der Waals surface area contributed by atoms with Crippen LogP contribution in [0.2, 0.25) is 0 Å². The lowest BCUT2D eigenvalue weighted by Crippen LogP contribution is -2.31. The number of imide groups is 1. The number of aromatic carboxylic acids is 1. The van der Waals surface area contributed by atoms with E-state index in [0.717, 1.165) is 4.90 Å². The summed E-state index contributed by atoms with van der Waals surface area (Å²) in [6, 6.07) is 4.17. The lowest BCUT2D eigenvalue weighted by atomic mass is 10.2. The standard InChI is InChI=1S/C12H8BrNO4/c1-6-4-10(15)14(11(6)16)9-5-7(12(17)18)2-3-8(9)13/h2-5H,1H3,(H,17,18). The predicted molar refractivity (Wildman–Crippen MR) is 67.4 cm³/mol. The number of amides is 2. The average molecular weight is 310 g/mol. The lowest BCUT2D eigenvalue weighted by Gasteiger charge is -2.16. The van der Waals surface area contributed by atoms with Crippen molar-refractivity contribution in [2.75, 3.05) is 4.90 Å². The molecule has 0 unspecified atom stereocenters. The van der Waals surface area contributed by atoms with Crippen LogP contribution in [0.1, 0.15) is 17.3 Å². The molecular weight excluding hydrogens is 302 g/mol. The molecule has 1 aromatic carbocycles. The zero-order valence-corrected chi connectivity index (χ0v) is 10.9. The summed E-state index contributed by atoms with van der Waals surface area (Å²) in [5.41, 5.74) is 0.573. The van der Waals surface area contributed by atoms with Crippen LogP contribution in [0.15, 0.2) is 34.3 Å². The van der Waals surface area contributed by atoms with Crippen molar-refractivity contribution in [3.63, 3.8) is 0 Å². The van der Waals surface area contributed by atoms with Crippen LogP contribution in [0.25, 0.3) is 0 Å². The summed E-state index contributed by atoms with van der Waals surface area (Å²) >= 11 is 3.20. The van der Waals surface area contributed by atoms with Crippen molar-refractivity contribution in [2.45, 2.75) is 6.92 Å². The van der Waals surface area contributed by atoms with Crippen LogP contribution < -0.4 is 4.90 Å². The van der Waals surface area contributed by atoms with Gasteiger partial charge in [0.2, 0.25) is 0 Å². The molecule has 1 N–H and O–H groups in total. The van der Waals surface area contributed by atoms with E-state index in [1.165, 1.54) is 31.2 Å². The van der Waals surface area contributed by atoms with Crippen LogP contribution in [0.4, 0.5) is 5.69 Å². The molecule has 92 valence electrons. The number of carbonyl (C=O) groups is 3. The second-order valence-electron chi connectivity index (χ2n) is 3.78. The highest BCUT2D eigenvalue weighted by Gasteiger charge is 2.31. The number of hydrogen-bond donors (Lipinski definition) is 1. The topological polar surface area (TPSA) is 74.7 Å². The smallest absolute Gasteiger partial charge is 0.335 e. The summed E-state index contributed by atoms with van der Waals surface area (Å²) < 4.78 is 0.484. The van der Waals surface area contributed by atoms with Crippen molar-refractivity contribution < 1.29 is 19.5 Å². The van der Waals surface area contributed by atoms with Gasteiger partial charge < -0.3 is 5.11 Å². The van der Waals surface area contributed by atoms with Crippen molar-refractivity contribution in [3.05, 3.63) is 39.9 Å². The minimum atomic E-state index is -1.12. The normalized spacial score (nSPS) is 15.0. The molecule has 0 bridgehead atoms. The van der Waals surface area contributed by atoms with E-state index in [2.05, 4.69) is 15.9 Å². The third kappa shape index (κ3) is 1.95. The summed E-state index contributed by atoms with van der Waals surface area (Å²) in [6.45, 7) is 1.54. The number of hydrogen-bond acceptors (Lipinski definition) is 3. The predicted octanol–water partition coefficient (Wildman–Crippen LogP) is 1.97. The summed E-state index contributed by atoms with van der Waals surface area (Å²) in [5.74, 6) is -2.03. The van der Waals surface area contributed by atoms with Crippen molar-refractivity contribution in [2.24, 2.45) is 0 Å². The van der Waals surface area contributed by atoms with Gasteiger partial charge in [-0.25, -0.2) is 9.69 Å². The van der Waals surface area contributed by atoms with Crippen molar-refractivity contribution in [1.29, 1.82) is 0 Å². The van der Waals surface area contributed by atoms with Gasteiger partial charge in [-0.2, -0.15) is 0 Å². The molecule has 18 heavy (non-hydrogen) atoms. The number of halogens is 1. The van der Waals surface area contributed by atoms with Gasteiger partial charge in [-0.15, -0.1) is 0 Å². The number of carboxylic acids is 1. The van der Waals surface area contributed by atoms with Gasteiger partial charge in [0.05, 0.1) is 11.3 Å². The van der Waals surface area contributed by atoms with Gasteiger partial charge in [0, 0.05) is 16.1 Å². The molecule has 0 saturated carbocycles. The fourth-order valence-corrected chi connectivity index (χ4v) is 2.06. The van der Waals surface area contributed by atoms with Gasteiger partial charge in [-0.1, -0.05) is 0 Å². The minimum Gasteiger partial charge on any atom is -0.478 e. The fourth-order valence-electron chi connectivity index (χ4n) is 1.63. The Kier molecular flexibility index (Phi) is 3.04. The Hall–Kier alpha value is -1.95. The van der Waals surface area contributed by atoms with E-state index in [-0.39, 0.29) is 11.3 Å². The lowest BCUT2D eigenvalue weighted by molar-refractivity contribution is -0.120. The molecule has 2 rings (SSSR count). The van der Waals surface area contributed by atoms with Crippen molar-refractivity contribution >= 4 is 39.4 Å². The molecule has 0 spiro atoms. The maximum absolute atomic E-state index is 11.8. The first-order valence-electron chi connectivity index (χ1n) is 5.01. The minimum absolute atomic E-state index is 0.0124. The monoisotopic (exact) mass is 309 g/mol. The van der Waals surface area contributed by atoms with E-state index >= 15 is 0 Å². The Morgan fingerprint density at radius 3 is 2.50 bits per heavy atom. The van der Waals surface area contributed by atoms with Gasteiger partial charge in [0.15, 0.2) is 0 Å². The van der Waals surface area contributed by atoms with Gasteiger partial charge in [0.25, 0.3) is 11.8 Å². The molecule has 1 aromatic rings. The second-order valence-corrected chi connectivity index (χ2v) is 4.63. The largest absolute Gasteiger partial charge is 0.478 e. The quantitative estimate of drug-likeness (QED) is 0.848. The second kappa shape index (κ2) is 4.38. The molecule has 2 amide bonds. The van der Waals surface area contributed by atoms with Crippen molar-refractivity contribution in [1.82, 2.24) is 0 Å². The first kappa shape index (κ1) is 12.5. The van der Waals surface area contributed by atoms with E-state index in [4.69, 9.17) is 5.11 Å². The first-order chi connectivity index (χ1) is 8.41. The molecule has 1 heterocycles. The zero-order chi connectivity index (χ0) is 13.4. The number of rotatable bonds is 2. The third-order valence-corrected chi connectivity index (χ3v) is 3.21. The number of nitrogens with zero attached hydrogens (tertiary/aromatic N) is 1. The number of anilines is 1. The van der Waals surface area contributed by atoms with Crippen LogP contribution in [0, 0.1) is 0 Å². The molecule has 0 radical (unpaired) electrons. The van der Waals surface area contributed by atoms with Gasteiger partial charge in [-0.05, 0) is 41.1 Å². The Morgan fingerprint density at radius 2 is 2.00 bits per heavy atom. The van der Waals surface area contributed by atoms with Crippen LogP contribution in [-0.2, 0) is 9.59 Å². The van der Waals surface area contributed by atoms with Crippen LogP contribution >= 0.6 is 15.9 Å². The number of carbonyl (C=O) groups excluding carboxylic acids is 2. The SMILES string of the molecule is CC1=CC(=O)N(c2cc(C(=O)O)ccc2Br)C1=O. The van der Waals surface area contributed by atoms with Gasteiger partial charge >= 0.3 is 5.97 Å². The molecule has 6 heteroatoms. The zero-order valence-electron chi connectivity index (χ0n) is 9.31. The Morgan fingerprint density at radius 1 is 1.33 bits per heavy atom. The van der Waals surface area contributed by atoms with E-state index in [1.807, 2.05) is 0 Å². The Labute approximate surface area is 111 Å². The van der Waals surface area contributed by atoms with Crippen molar-refractivity contribution in [3.8, 4) is 0 Å². The molecule has 1 aliphatic heterocycles. The highest BCUT2D eigenvalue weighted by molar-refractivity contribution is 9.10. The van der Waals surface area contributed by atoms with E-state index in [9.17, 15) is 14.4 Å². The van der Waals surface area contributed by atoms with E-state index in [0.29, 0.717) is 10.0 Å².